The molecule has 1 saturated heterocycles. The predicted molar refractivity (Wildman–Crippen MR) is 117 cm³/mol. The van der Waals surface area contributed by atoms with Crippen molar-refractivity contribution >= 4 is 11.9 Å². The minimum atomic E-state index is -2.81. The highest BCUT2D eigenvalue weighted by Crippen LogP contribution is 2.16. The predicted octanol–water partition coefficient (Wildman–Crippen LogP) is 1.91. The van der Waals surface area contributed by atoms with Crippen LogP contribution < -0.4 is 15.0 Å². The van der Waals surface area contributed by atoms with Crippen LogP contribution in [0.5, 0.6) is 5.75 Å². The van der Waals surface area contributed by atoms with Crippen molar-refractivity contribution in [2.24, 2.45) is 4.99 Å². The van der Waals surface area contributed by atoms with Crippen LogP contribution in [-0.2, 0) is 6.54 Å². The van der Waals surface area contributed by atoms with Crippen molar-refractivity contribution in [3.63, 3.8) is 0 Å². The molecule has 168 valence electrons. The monoisotopic (exact) mass is 433 g/mol. The highest BCUT2D eigenvalue weighted by atomic mass is 19.3. The van der Waals surface area contributed by atoms with Crippen molar-refractivity contribution in [1.29, 1.82) is 0 Å². The Hall–Kier alpha value is -3.01. The van der Waals surface area contributed by atoms with E-state index in [1.54, 1.807) is 43.7 Å². The third kappa shape index (κ3) is 7.02. The van der Waals surface area contributed by atoms with Crippen molar-refractivity contribution in [3.8, 4) is 5.75 Å². The molecule has 31 heavy (non-hydrogen) atoms. The van der Waals surface area contributed by atoms with E-state index in [2.05, 4.69) is 34.8 Å². The van der Waals surface area contributed by atoms with E-state index in [-0.39, 0.29) is 5.75 Å². The van der Waals surface area contributed by atoms with Crippen LogP contribution in [0.4, 0.5) is 14.7 Å². The van der Waals surface area contributed by atoms with Crippen molar-refractivity contribution in [1.82, 2.24) is 25.1 Å². The van der Waals surface area contributed by atoms with E-state index in [0.29, 0.717) is 6.54 Å². The Morgan fingerprint density at radius 2 is 1.84 bits per heavy atom. The third-order valence-corrected chi connectivity index (χ3v) is 5.06. The van der Waals surface area contributed by atoms with E-state index in [1.807, 2.05) is 18.0 Å². The Bertz CT molecular complexity index is 812. The molecule has 0 unspecified atom stereocenters. The third-order valence-electron chi connectivity index (χ3n) is 5.06. The van der Waals surface area contributed by atoms with Crippen molar-refractivity contribution in [2.45, 2.75) is 13.2 Å². The van der Waals surface area contributed by atoms with Crippen molar-refractivity contribution < 1.29 is 13.5 Å². The number of aliphatic imine (C=N–C) groups is 1. The first-order valence-corrected chi connectivity index (χ1v) is 10.2. The van der Waals surface area contributed by atoms with Crippen molar-refractivity contribution in [2.75, 3.05) is 58.3 Å². The smallest absolute Gasteiger partial charge is 0.387 e. The number of hydrogen-bond donors (Lipinski definition) is 1. The van der Waals surface area contributed by atoms with Crippen LogP contribution >= 0.6 is 0 Å². The topological polar surface area (TPSA) is 69.1 Å². The Labute approximate surface area is 181 Å². The van der Waals surface area contributed by atoms with Gasteiger partial charge in [0, 0.05) is 72.3 Å². The van der Waals surface area contributed by atoms with Gasteiger partial charge in [0.1, 0.15) is 5.75 Å². The molecular weight excluding hydrogens is 404 g/mol. The van der Waals surface area contributed by atoms with Crippen LogP contribution in [0.2, 0.25) is 0 Å². The molecule has 3 rings (SSSR count). The van der Waals surface area contributed by atoms with E-state index in [0.717, 1.165) is 56.7 Å². The van der Waals surface area contributed by atoms with Crippen LogP contribution in [0.25, 0.3) is 0 Å². The van der Waals surface area contributed by atoms with Gasteiger partial charge in [-0.2, -0.15) is 8.78 Å². The highest BCUT2D eigenvalue weighted by molar-refractivity contribution is 5.79. The second-order valence-corrected chi connectivity index (χ2v) is 7.23. The number of rotatable bonds is 8. The molecule has 0 spiro atoms. The summed E-state index contributed by atoms with van der Waals surface area (Å²) in [6.45, 7) is 3.21. The van der Waals surface area contributed by atoms with E-state index >= 15 is 0 Å². The van der Waals surface area contributed by atoms with E-state index in [1.165, 1.54) is 0 Å². The minimum Gasteiger partial charge on any atom is -0.435 e. The maximum Gasteiger partial charge on any atom is 0.387 e. The van der Waals surface area contributed by atoms with Gasteiger partial charge in [0.05, 0.1) is 0 Å². The van der Waals surface area contributed by atoms with Crippen molar-refractivity contribution in [3.05, 3.63) is 48.3 Å². The molecule has 1 aliphatic heterocycles. The number of guanidine groups is 1. The summed E-state index contributed by atoms with van der Waals surface area (Å²) in [6.07, 6.45) is 3.54. The van der Waals surface area contributed by atoms with Gasteiger partial charge in [-0.15, -0.1) is 0 Å². The van der Waals surface area contributed by atoms with Gasteiger partial charge < -0.3 is 19.9 Å². The Kier molecular flexibility index (Phi) is 8.34. The number of nitrogens with one attached hydrogen (secondary N) is 1. The lowest BCUT2D eigenvalue weighted by atomic mass is 10.2. The van der Waals surface area contributed by atoms with Crippen LogP contribution in [0.1, 0.15) is 5.56 Å². The number of hydrogen-bond acceptors (Lipinski definition) is 6. The maximum atomic E-state index is 12.3. The largest absolute Gasteiger partial charge is 0.435 e. The number of benzene rings is 1. The number of ether oxygens (including phenoxy) is 1. The van der Waals surface area contributed by atoms with Crippen LogP contribution in [0, 0.1) is 0 Å². The molecule has 0 bridgehead atoms. The second kappa shape index (κ2) is 11.4. The maximum absolute atomic E-state index is 12.3. The summed E-state index contributed by atoms with van der Waals surface area (Å²) in [4.78, 5) is 19.6. The number of nitrogens with zero attached hydrogens (tertiary/aromatic N) is 6. The first-order chi connectivity index (χ1) is 15.0. The zero-order chi connectivity index (χ0) is 22.1. The second-order valence-electron chi connectivity index (χ2n) is 7.23. The molecule has 8 nitrogen and oxygen atoms in total. The van der Waals surface area contributed by atoms with Gasteiger partial charge in [-0.25, -0.2) is 9.97 Å². The molecule has 1 aromatic carbocycles. The van der Waals surface area contributed by atoms with Gasteiger partial charge in [0.25, 0.3) is 0 Å². The number of halogens is 2. The lowest BCUT2D eigenvalue weighted by molar-refractivity contribution is -0.0498. The first-order valence-electron chi connectivity index (χ1n) is 10.2. The molecule has 0 amide bonds. The standard InChI is InChI=1S/C21H29F2N7O/c1-24-20(28(2)16-17-4-6-18(7-5-17)31-19(22)23)27-10-11-29-12-14-30(15-13-29)21-25-8-3-9-26-21/h3-9,19H,10-16H2,1-2H3,(H,24,27). The molecule has 2 heterocycles. The van der Waals surface area contributed by atoms with Gasteiger partial charge in [-0.05, 0) is 23.8 Å². The molecule has 1 aliphatic rings. The number of aromatic nitrogens is 2. The summed E-state index contributed by atoms with van der Waals surface area (Å²) in [6, 6.07) is 8.47. The fourth-order valence-corrected chi connectivity index (χ4v) is 3.46. The van der Waals surface area contributed by atoms with Crippen LogP contribution in [-0.4, -0.2) is 85.7 Å². The Morgan fingerprint density at radius 3 is 2.45 bits per heavy atom. The van der Waals surface area contributed by atoms with Gasteiger partial charge >= 0.3 is 6.61 Å². The Morgan fingerprint density at radius 1 is 1.16 bits per heavy atom. The van der Waals surface area contributed by atoms with Gasteiger partial charge in [-0.1, -0.05) is 12.1 Å². The Balaban J connectivity index is 1.39. The zero-order valence-corrected chi connectivity index (χ0v) is 17.9. The molecule has 2 aromatic rings. The summed E-state index contributed by atoms with van der Waals surface area (Å²) in [5.41, 5.74) is 0.978. The van der Waals surface area contributed by atoms with E-state index < -0.39 is 6.61 Å². The van der Waals surface area contributed by atoms with E-state index in [4.69, 9.17) is 0 Å². The SMILES string of the molecule is CN=C(NCCN1CCN(c2ncccn2)CC1)N(C)Cc1ccc(OC(F)F)cc1. The normalized spacial score (nSPS) is 15.3. The van der Waals surface area contributed by atoms with Gasteiger partial charge in [-0.3, -0.25) is 9.89 Å². The number of alkyl halides is 2. The van der Waals surface area contributed by atoms with E-state index in [9.17, 15) is 8.78 Å². The highest BCUT2D eigenvalue weighted by Gasteiger charge is 2.18. The quantitative estimate of drug-likeness (QED) is 0.504. The molecule has 1 fully saturated rings. The van der Waals surface area contributed by atoms with Crippen LogP contribution in [0.15, 0.2) is 47.7 Å². The van der Waals surface area contributed by atoms with Gasteiger partial charge in [0.15, 0.2) is 5.96 Å². The number of piperazine rings is 1. The molecule has 0 radical (unpaired) electrons. The summed E-state index contributed by atoms with van der Waals surface area (Å²) < 4.78 is 28.9. The fraction of sp³-hybridized carbons (Fsp3) is 0.476. The summed E-state index contributed by atoms with van der Waals surface area (Å²) >= 11 is 0. The molecule has 10 heteroatoms. The zero-order valence-electron chi connectivity index (χ0n) is 17.9. The molecule has 0 aliphatic carbocycles. The lowest BCUT2D eigenvalue weighted by Gasteiger charge is -2.34. The fourth-order valence-electron chi connectivity index (χ4n) is 3.46. The van der Waals surface area contributed by atoms with Gasteiger partial charge in [0.2, 0.25) is 5.95 Å². The average molecular weight is 434 g/mol. The molecular formula is C21H29F2N7O. The summed E-state index contributed by atoms with van der Waals surface area (Å²) in [5, 5.41) is 3.39. The minimum absolute atomic E-state index is 0.155. The first kappa shape index (κ1) is 22.7. The van der Waals surface area contributed by atoms with Crippen LogP contribution in [0.3, 0.4) is 0 Å². The average Bonchev–Trinajstić information content (AvgIpc) is 2.78. The molecule has 1 N–H and O–H groups in total. The summed E-state index contributed by atoms with van der Waals surface area (Å²) in [7, 11) is 3.69. The molecule has 1 aromatic heterocycles. The lowest BCUT2D eigenvalue weighted by Crippen LogP contribution is -2.49. The molecule has 0 saturated carbocycles. The molecule has 0 atom stereocenters. The number of anilines is 1. The summed E-state index contributed by atoms with van der Waals surface area (Å²) in [5.74, 6) is 1.73.